The summed E-state index contributed by atoms with van der Waals surface area (Å²) in [5, 5.41) is 5.70. The highest BCUT2D eigenvalue weighted by atomic mass is 35.5. The minimum absolute atomic E-state index is 0.282. The molecule has 1 N–H and O–H groups in total. The summed E-state index contributed by atoms with van der Waals surface area (Å²) in [5.74, 6) is -0.225. The lowest BCUT2D eigenvalue weighted by atomic mass is 10.2. The topological polar surface area (TPSA) is 77.0 Å². The fourth-order valence-electron chi connectivity index (χ4n) is 3.00. The number of hydrogen-bond acceptors (Lipinski definition) is 6. The summed E-state index contributed by atoms with van der Waals surface area (Å²) >= 11 is 13.5. The Morgan fingerprint density at radius 2 is 1.71 bits per heavy atom. The van der Waals surface area contributed by atoms with Crippen LogP contribution >= 0.6 is 34.5 Å². The van der Waals surface area contributed by atoms with Gasteiger partial charge in [0, 0.05) is 20.7 Å². The average molecular weight is 513 g/mol. The number of thiophene rings is 1. The molecule has 1 atom stereocenters. The SMILES string of the molecule is CC(Oc1ccc(Cl)cc1)C(=O)N/N=C\c1ccccc1OC(=O)c1sc2ccccc2c1Cl. The van der Waals surface area contributed by atoms with E-state index in [9.17, 15) is 9.59 Å². The van der Waals surface area contributed by atoms with Gasteiger partial charge in [0.2, 0.25) is 0 Å². The molecule has 1 heterocycles. The summed E-state index contributed by atoms with van der Waals surface area (Å²) in [4.78, 5) is 25.4. The monoisotopic (exact) mass is 512 g/mol. The first-order chi connectivity index (χ1) is 16.4. The van der Waals surface area contributed by atoms with E-state index in [0.717, 1.165) is 10.1 Å². The minimum atomic E-state index is -0.790. The Labute approximate surface area is 209 Å². The number of rotatable bonds is 7. The van der Waals surface area contributed by atoms with E-state index in [1.54, 1.807) is 55.5 Å². The number of nitrogens with zero attached hydrogens (tertiary/aromatic N) is 1. The number of carbonyl (C=O) groups is 2. The Hall–Kier alpha value is -3.39. The van der Waals surface area contributed by atoms with Crippen molar-refractivity contribution in [1.82, 2.24) is 5.43 Å². The van der Waals surface area contributed by atoms with Crippen molar-refractivity contribution in [2.45, 2.75) is 13.0 Å². The van der Waals surface area contributed by atoms with Crippen LogP contribution in [0.5, 0.6) is 11.5 Å². The summed E-state index contributed by atoms with van der Waals surface area (Å²) in [6, 6.07) is 21.0. The van der Waals surface area contributed by atoms with Crippen molar-refractivity contribution in [2.75, 3.05) is 0 Å². The number of ether oxygens (including phenoxy) is 2. The maximum absolute atomic E-state index is 12.8. The lowest BCUT2D eigenvalue weighted by Gasteiger charge is -2.12. The third-order valence-electron chi connectivity index (χ3n) is 4.72. The van der Waals surface area contributed by atoms with Crippen molar-refractivity contribution in [3.8, 4) is 11.5 Å². The summed E-state index contributed by atoms with van der Waals surface area (Å²) < 4.78 is 12.0. The van der Waals surface area contributed by atoms with Crippen LogP contribution in [0.3, 0.4) is 0 Å². The Balaban J connectivity index is 1.41. The van der Waals surface area contributed by atoms with E-state index in [2.05, 4.69) is 10.5 Å². The molecule has 172 valence electrons. The largest absolute Gasteiger partial charge is 0.481 e. The van der Waals surface area contributed by atoms with Crippen LogP contribution in [0.25, 0.3) is 10.1 Å². The molecule has 0 saturated carbocycles. The van der Waals surface area contributed by atoms with E-state index in [-0.39, 0.29) is 5.75 Å². The molecule has 3 aromatic carbocycles. The number of hydrogen-bond donors (Lipinski definition) is 1. The first kappa shape index (κ1) is 23.8. The molecule has 0 aliphatic carbocycles. The molecule has 0 spiro atoms. The molecule has 4 rings (SSSR count). The van der Waals surface area contributed by atoms with Crippen LogP contribution in [0.2, 0.25) is 10.0 Å². The predicted molar refractivity (Wildman–Crippen MR) is 136 cm³/mol. The quantitative estimate of drug-likeness (QED) is 0.135. The van der Waals surface area contributed by atoms with Crippen LogP contribution < -0.4 is 14.9 Å². The van der Waals surface area contributed by atoms with Crippen LogP contribution in [-0.4, -0.2) is 24.2 Å². The second-order valence-electron chi connectivity index (χ2n) is 7.12. The summed E-state index contributed by atoms with van der Waals surface area (Å²) in [5.41, 5.74) is 2.92. The highest BCUT2D eigenvalue weighted by Gasteiger charge is 2.20. The van der Waals surface area contributed by atoms with E-state index in [1.807, 2.05) is 24.3 Å². The lowest BCUT2D eigenvalue weighted by Crippen LogP contribution is -2.33. The second kappa shape index (κ2) is 10.7. The number of para-hydroxylation sites is 1. The standard InChI is InChI=1S/C25H18Cl2N2O4S/c1-15(32-18-12-10-17(26)11-13-18)24(30)29-28-14-16-6-2-4-8-20(16)33-25(31)23-22(27)19-7-3-5-9-21(19)34-23/h2-15H,1H3,(H,29,30)/b28-14-. The molecule has 9 heteroatoms. The van der Waals surface area contributed by atoms with Crippen molar-refractivity contribution in [3.05, 3.63) is 93.3 Å². The lowest BCUT2D eigenvalue weighted by molar-refractivity contribution is -0.127. The van der Waals surface area contributed by atoms with Gasteiger partial charge in [-0.05, 0) is 49.4 Å². The molecular weight excluding hydrogens is 495 g/mol. The van der Waals surface area contributed by atoms with E-state index in [1.165, 1.54) is 17.6 Å². The molecule has 0 radical (unpaired) electrons. The van der Waals surface area contributed by atoms with Gasteiger partial charge in [-0.2, -0.15) is 5.10 Å². The number of amides is 1. The summed E-state index contributed by atoms with van der Waals surface area (Å²) in [6.07, 6.45) is 0.601. The smallest absolute Gasteiger partial charge is 0.355 e. The number of hydrazone groups is 1. The highest BCUT2D eigenvalue weighted by molar-refractivity contribution is 7.21. The molecule has 0 aliphatic heterocycles. The minimum Gasteiger partial charge on any atom is -0.481 e. The number of fused-ring (bicyclic) bond motifs is 1. The zero-order valence-corrected chi connectivity index (χ0v) is 20.2. The average Bonchev–Trinajstić information content (AvgIpc) is 3.18. The van der Waals surface area contributed by atoms with E-state index in [0.29, 0.717) is 26.2 Å². The first-order valence-electron chi connectivity index (χ1n) is 10.2. The number of halogens is 2. The van der Waals surface area contributed by atoms with Gasteiger partial charge >= 0.3 is 5.97 Å². The van der Waals surface area contributed by atoms with E-state index < -0.39 is 18.0 Å². The maximum Gasteiger partial charge on any atom is 0.355 e. The van der Waals surface area contributed by atoms with Crippen LogP contribution in [0.1, 0.15) is 22.2 Å². The Kier molecular flexibility index (Phi) is 7.47. The van der Waals surface area contributed by atoms with Gasteiger partial charge in [-0.25, -0.2) is 10.2 Å². The third kappa shape index (κ3) is 5.56. The Morgan fingerprint density at radius 1 is 1.00 bits per heavy atom. The van der Waals surface area contributed by atoms with Gasteiger partial charge in [-0.3, -0.25) is 4.79 Å². The maximum atomic E-state index is 12.8. The Bertz CT molecular complexity index is 1370. The molecule has 1 amide bonds. The molecule has 4 aromatic rings. The van der Waals surface area contributed by atoms with Gasteiger partial charge in [-0.1, -0.05) is 53.5 Å². The molecule has 34 heavy (non-hydrogen) atoms. The van der Waals surface area contributed by atoms with E-state index >= 15 is 0 Å². The predicted octanol–water partition coefficient (Wildman–Crippen LogP) is 6.34. The van der Waals surface area contributed by atoms with Crippen molar-refractivity contribution in [2.24, 2.45) is 5.10 Å². The summed E-state index contributed by atoms with van der Waals surface area (Å²) in [7, 11) is 0. The van der Waals surface area contributed by atoms with Crippen LogP contribution in [0.15, 0.2) is 77.9 Å². The van der Waals surface area contributed by atoms with Crippen molar-refractivity contribution >= 4 is 62.7 Å². The number of carbonyl (C=O) groups excluding carboxylic acids is 2. The van der Waals surface area contributed by atoms with Crippen LogP contribution in [0.4, 0.5) is 0 Å². The number of nitrogens with one attached hydrogen (secondary N) is 1. The normalized spacial score (nSPS) is 12.0. The molecule has 0 saturated heterocycles. The Morgan fingerprint density at radius 3 is 2.47 bits per heavy atom. The second-order valence-corrected chi connectivity index (χ2v) is 8.98. The van der Waals surface area contributed by atoms with Crippen LogP contribution in [0, 0.1) is 0 Å². The molecule has 0 bridgehead atoms. The third-order valence-corrected chi connectivity index (χ3v) is 6.62. The number of esters is 1. The van der Waals surface area contributed by atoms with Gasteiger partial charge in [0.05, 0.1) is 11.2 Å². The highest BCUT2D eigenvalue weighted by Crippen LogP contribution is 2.36. The summed E-state index contributed by atoms with van der Waals surface area (Å²) in [6.45, 7) is 1.60. The van der Waals surface area contributed by atoms with Gasteiger partial charge in [0.25, 0.3) is 5.91 Å². The zero-order chi connectivity index (χ0) is 24.1. The fraction of sp³-hybridized carbons (Fsp3) is 0.0800. The van der Waals surface area contributed by atoms with Gasteiger partial charge in [0.15, 0.2) is 6.10 Å². The fourth-order valence-corrected chi connectivity index (χ4v) is 4.51. The molecular formula is C25H18Cl2N2O4S. The van der Waals surface area contributed by atoms with Crippen molar-refractivity contribution in [3.63, 3.8) is 0 Å². The van der Waals surface area contributed by atoms with Gasteiger partial charge in [0.1, 0.15) is 16.4 Å². The molecule has 0 fully saturated rings. The van der Waals surface area contributed by atoms with E-state index in [4.69, 9.17) is 32.7 Å². The molecule has 1 aromatic heterocycles. The molecule has 6 nitrogen and oxygen atoms in total. The van der Waals surface area contributed by atoms with Gasteiger partial charge < -0.3 is 9.47 Å². The molecule has 0 aliphatic rings. The zero-order valence-electron chi connectivity index (χ0n) is 17.8. The first-order valence-corrected chi connectivity index (χ1v) is 11.7. The molecule has 1 unspecified atom stereocenters. The number of benzene rings is 3. The van der Waals surface area contributed by atoms with Gasteiger partial charge in [-0.15, -0.1) is 11.3 Å². The van der Waals surface area contributed by atoms with Crippen molar-refractivity contribution < 1.29 is 19.1 Å². The van der Waals surface area contributed by atoms with Crippen molar-refractivity contribution in [1.29, 1.82) is 0 Å². The van der Waals surface area contributed by atoms with Crippen LogP contribution in [-0.2, 0) is 4.79 Å².